The number of hydrogen-bond donors (Lipinski definition) is 0. The Morgan fingerprint density at radius 2 is 1.25 bits per heavy atom. The first-order chi connectivity index (χ1) is 13.8. The molecule has 0 spiro atoms. The molecule has 3 heteroatoms. The minimum Gasteiger partial charge on any atom is -0.493 e. The molecular formula is C25H38O3. The summed E-state index contributed by atoms with van der Waals surface area (Å²) >= 11 is 0. The van der Waals surface area contributed by atoms with Crippen LogP contribution < -0.4 is 14.2 Å². The fourth-order valence-corrected chi connectivity index (χ4v) is 3.46. The van der Waals surface area contributed by atoms with E-state index in [0.29, 0.717) is 13.2 Å². The Morgan fingerprint density at radius 1 is 0.679 bits per heavy atom. The summed E-state index contributed by atoms with van der Waals surface area (Å²) in [5, 5.41) is 2.22. The van der Waals surface area contributed by atoms with E-state index in [-0.39, 0.29) is 0 Å². The third-order valence-electron chi connectivity index (χ3n) is 5.13. The second-order valence-corrected chi connectivity index (χ2v) is 7.48. The van der Waals surface area contributed by atoms with Crippen LogP contribution in [0.3, 0.4) is 0 Å². The number of fused-ring (bicyclic) bond motifs is 1. The van der Waals surface area contributed by atoms with Crippen molar-refractivity contribution in [2.45, 2.75) is 78.1 Å². The molecule has 0 aliphatic carbocycles. The van der Waals surface area contributed by atoms with Gasteiger partial charge in [-0.2, -0.15) is 0 Å². The van der Waals surface area contributed by atoms with Crippen molar-refractivity contribution in [3.63, 3.8) is 0 Å². The van der Waals surface area contributed by atoms with Crippen LogP contribution in [0.5, 0.6) is 17.2 Å². The van der Waals surface area contributed by atoms with Crippen LogP contribution in [0.25, 0.3) is 10.8 Å². The predicted molar refractivity (Wildman–Crippen MR) is 119 cm³/mol. The summed E-state index contributed by atoms with van der Waals surface area (Å²) in [6.07, 6.45) is 12.2. The number of hydrogen-bond acceptors (Lipinski definition) is 3. The Balaban J connectivity index is 2.09. The van der Waals surface area contributed by atoms with E-state index < -0.39 is 0 Å². The largest absolute Gasteiger partial charge is 0.493 e. The average molecular weight is 387 g/mol. The van der Waals surface area contributed by atoms with E-state index in [1.54, 1.807) is 7.11 Å². The first-order valence-electron chi connectivity index (χ1n) is 11.2. The van der Waals surface area contributed by atoms with Gasteiger partial charge in [-0.3, -0.25) is 0 Å². The van der Waals surface area contributed by atoms with Gasteiger partial charge >= 0.3 is 0 Å². The molecule has 2 aromatic rings. The molecule has 0 aromatic heterocycles. The maximum atomic E-state index is 6.26. The molecular weight excluding hydrogens is 348 g/mol. The van der Waals surface area contributed by atoms with Gasteiger partial charge in [0.05, 0.1) is 20.3 Å². The van der Waals surface area contributed by atoms with Crippen molar-refractivity contribution < 1.29 is 14.2 Å². The molecule has 0 bridgehead atoms. The lowest BCUT2D eigenvalue weighted by atomic mass is 10.1. The molecule has 0 fully saturated rings. The van der Waals surface area contributed by atoms with Crippen molar-refractivity contribution in [1.29, 1.82) is 0 Å². The smallest absolute Gasteiger partial charge is 0.204 e. The normalized spacial score (nSPS) is 11.0. The Hall–Kier alpha value is -1.90. The van der Waals surface area contributed by atoms with Crippen LogP contribution in [0, 0.1) is 0 Å². The van der Waals surface area contributed by atoms with Crippen molar-refractivity contribution in [2.75, 3.05) is 20.3 Å². The first-order valence-corrected chi connectivity index (χ1v) is 11.2. The van der Waals surface area contributed by atoms with Gasteiger partial charge in [0, 0.05) is 5.39 Å². The standard InChI is InChI=1S/C25H38O3/c1-4-6-8-10-14-18-27-24-22-17-13-12-16-21(22)20-23(26-3)25(24)28-19-15-11-9-7-5-2/h12-13,16-17,20H,4-11,14-15,18-19H2,1-3H3. The van der Waals surface area contributed by atoms with Crippen molar-refractivity contribution in [1.82, 2.24) is 0 Å². The highest BCUT2D eigenvalue weighted by atomic mass is 16.5. The molecule has 0 saturated carbocycles. The van der Waals surface area contributed by atoms with Gasteiger partial charge in [0.25, 0.3) is 0 Å². The third kappa shape index (κ3) is 6.92. The van der Waals surface area contributed by atoms with Gasteiger partial charge in [0.1, 0.15) is 0 Å². The van der Waals surface area contributed by atoms with Crippen LogP contribution in [0.2, 0.25) is 0 Å². The van der Waals surface area contributed by atoms with Gasteiger partial charge in [0.2, 0.25) is 5.75 Å². The number of benzene rings is 2. The van der Waals surface area contributed by atoms with Crippen LogP contribution in [-0.4, -0.2) is 20.3 Å². The van der Waals surface area contributed by atoms with E-state index in [0.717, 1.165) is 40.9 Å². The van der Waals surface area contributed by atoms with E-state index in [4.69, 9.17) is 14.2 Å². The SMILES string of the molecule is CCCCCCCOc1c(OC)cc2ccccc2c1OCCCCCCC. The highest BCUT2D eigenvalue weighted by molar-refractivity contribution is 5.93. The van der Waals surface area contributed by atoms with Gasteiger partial charge in [0.15, 0.2) is 11.5 Å². The second kappa shape index (κ2) is 13.3. The molecule has 0 amide bonds. The average Bonchev–Trinajstić information content (AvgIpc) is 2.73. The number of unbranched alkanes of at least 4 members (excludes halogenated alkanes) is 8. The molecule has 0 unspecified atom stereocenters. The topological polar surface area (TPSA) is 27.7 Å². The second-order valence-electron chi connectivity index (χ2n) is 7.48. The van der Waals surface area contributed by atoms with E-state index in [9.17, 15) is 0 Å². The van der Waals surface area contributed by atoms with E-state index in [1.807, 2.05) is 6.07 Å². The quantitative estimate of drug-likeness (QED) is 0.296. The van der Waals surface area contributed by atoms with Crippen LogP contribution in [0.1, 0.15) is 78.1 Å². The van der Waals surface area contributed by atoms with Crippen molar-refractivity contribution in [3.05, 3.63) is 30.3 Å². The fourth-order valence-electron chi connectivity index (χ4n) is 3.46. The molecule has 3 nitrogen and oxygen atoms in total. The molecule has 0 saturated heterocycles. The predicted octanol–water partition coefficient (Wildman–Crippen LogP) is 7.55. The monoisotopic (exact) mass is 386 g/mol. The third-order valence-corrected chi connectivity index (χ3v) is 5.13. The number of ether oxygens (including phenoxy) is 3. The summed E-state index contributed by atoms with van der Waals surface area (Å²) in [5.74, 6) is 2.34. The van der Waals surface area contributed by atoms with Crippen molar-refractivity contribution >= 4 is 10.8 Å². The molecule has 2 aromatic carbocycles. The summed E-state index contributed by atoms with van der Waals surface area (Å²) < 4.78 is 18.1. The van der Waals surface area contributed by atoms with Crippen LogP contribution in [0.15, 0.2) is 30.3 Å². The summed E-state index contributed by atoms with van der Waals surface area (Å²) in [7, 11) is 1.70. The van der Waals surface area contributed by atoms with E-state index >= 15 is 0 Å². The molecule has 0 N–H and O–H groups in total. The Morgan fingerprint density at radius 3 is 1.86 bits per heavy atom. The molecule has 0 heterocycles. The van der Waals surface area contributed by atoms with Crippen molar-refractivity contribution in [2.24, 2.45) is 0 Å². The minimum absolute atomic E-state index is 0.700. The lowest BCUT2D eigenvalue weighted by Gasteiger charge is -2.18. The lowest BCUT2D eigenvalue weighted by Crippen LogP contribution is -2.05. The molecule has 28 heavy (non-hydrogen) atoms. The summed E-state index contributed by atoms with van der Waals surface area (Å²) in [6.45, 7) is 5.89. The molecule has 156 valence electrons. The molecule has 0 radical (unpaired) electrons. The van der Waals surface area contributed by atoms with E-state index in [2.05, 4.69) is 38.1 Å². The minimum atomic E-state index is 0.700. The molecule has 0 atom stereocenters. The van der Waals surface area contributed by atoms with Gasteiger partial charge in [-0.1, -0.05) is 89.5 Å². The van der Waals surface area contributed by atoms with Gasteiger partial charge in [-0.25, -0.2) is 0 Å². The zero-order chi connectivity index (χ0) is 20.0. The summed E-state index contributed by atoms with van der Waals surface area (Å²) in [4.78, 5) is 0. The highest BCUT2D eigenvalue weighted by Gasteiger charge is 2.17. The van der Waals surface area contributed by atoms with Crippen LogP contribution >= 0.6 is 0 Å². The lowest BCUT2D eigenvalue weighted by molar-refractivity contribution is 0.249. The van der Waals surface area contributed by atoms with Crippen LogP contribution in [-0.2, 0) is 0 Å². The fraction of sp³-hybridized carbons (Fsp3) is 0.600. The van der Waals surface area contributed by atoms with Crippen LogP contribution in [0.4, 0.5) is 0 Å². The molecule has 0 aliphatic rings. The van der Waals surface area contributed by atoms with Gasteiger partial charge in [-0.15, -0.1) is 0 Å². The molecule has 2 rings (SSSR count). The maximum Gasteiger partial charge on any atom is 0.204 e. The maximum absolute atomic E-state index is 6.26. The first kappa shape index (κ1) is 22.4. The summed E-state index contributed by atoms with van der Waals surface area (Å²) in [5.41, 5.74) is 0. The van der Waals surface area contributed by atoms with Gasteiger partial charge < -0.3 is 14.2 Å². The van der Waals surface area contributed by atoms with Crippen molar-refractivity contribution in [3.8, 4) is 17.2 Å². The molecule has 0 aliphatic heterocycles. The number of rotatable bonds is 15. The van der Waals surface area contributed by atoms with Gasteiger partial charge in [-0.05, 0) is 24.3 Å². The Labute approximate surface area is 171 Å². The highest BCUT2D eigenvalue weighted by Crippen LogP contribution is 2.43. The Kier molecular flexibility index (Phi) is 10.6. The summed E-state index contributed by atoms with van der Waals surface area (Å²) in [6, 6.07) is 10.4. The van der Waals surface area contributed by atoms with E-state index in [1.165, 1.54) is 51.4 Å². The zero-order valence-corrected chi connectivity index (χ0v) is 18.1. The number of methoxy groups -OCH3 is 1. The zero-order valence-electron chi connectivity index (χ0n) is 18.1. The Bertz CT molecular complexity index is 681.